The minimum absolute atomic E-state index is 0.00198. The van der Waals surface area contributed by atoms with Crippen molar-refractivity contribution in [3.63, 3.8) is 0 Å². The lowest BCUT2D eigenvalue weighted by atomic mass is 10.1. The van der Waals surface area contributed by atoms with E-state index in [1.165, 1.54) is 0 Å². The first kappa shape index (κ1) is 17.2. The Hall–Kier alpha value is -2.22. The molecule has 1 aliphatic rings. The van der Waals surface area contributed by atoms with Gasteiger partial charge < -0.3 is 10.1 Å². The van der Waals surface area contributed by atoms with E-state index in [9.17, 15) is 4.79 Å². The number of hydrogen-bond donors (Lipinski definition) is 1. The lowest BCUT2D eigenvalue weighted by Crippen LogP contribution is -2.43. The van der Waals surface area contributed by atoms with Crippen LogP contribution in [0.2, 0.25) is 0 Å². The Morgan fingerprint density at radius 3 is 2.85 bits per heavy atom. The highest BCUT2D eigenvalue weighted by molar-refractivity contribution is 7.15. The van der Waals surface area contributed by atoms with Gasteiger partial charge in [0.2, 0.25) is 5.91 Å². The number of hydrogen-bond acceptors (Lipinski definition) is 5. The zero-order valence-corrected chi connectivity index (χ0v) is 15.3. The summed E-state index contributed by atoms with van der Waals surface area (Å²) in [5.74, 6) is -0.00198. The summed E-state index contributed by atoms with van der Waals surface area (Å²) in [7, 11) is 0. The minimum atomic E-state index is -0.0365. The molecule has 0 bridgehead atoms. The van der Waals surface area contributed by atoms with E-state index >= 15 is 0 Å². The minimum Gasteiger partial charge on any atom is -0.379 e. The molecule has 0 radical (unpaired) electrons. The summed E-state index contributed by atoms with van der Waals surface area (Å²) in [6.07, 6.45) is 4.17. The monoisotopic (exact) mass is 370 g/mol. The lowest BCUT2D eigenvalue weighted by Gasteiger charge is -2.31. The number of carbonyl (C=O) groups is 1. The van der Waals surface area contributed by atoms with Gasteiger partial charge in [-0.3, -0.25) is 14.1 Å². The highest BCUT2D eigenvalue weighted by Gasteiger charge is 2.20. The molecule has 0 aliphatic carbocycles. The van der Waals surface area contributed by atoms with Crippen LogP contribution < -0.4 is 5.32 Å². The van der Waals surface area contributed by atoms with Gasteiger partial charge in [-0.2, -0.15) is 0 Å². The van der Waals surface area contributed by atoms with Crippen molar-refractivity contribution < 1.29 is 9.53 Å². The van der Waals surface area contributed by atoms with Gasteiger partial charge in [-0.05, 0) is 5.56 Å². The van der Waals surface area contributed by atoms with Crippen LogP contribution in [0.4, 0.5) is 0 Å². The topological polar surface area (TPSA) is 58.9 Å². The number of morpholine rings is 1. The normalized spacial score (nSPS) is 16.6. The van der Waals surface area contributed by atoms with Gasteiger partial charge in [0.25, 0.3) is 0 Å². The number of carbonyl (C=O) groups excluding carboxylic acids is 1. The molecule has 26 heavy (non-hydrogen) atoms. The van der Waals surface area contributed by atoms with E-state index in [-0.39, 0.29) is 11.9 Å². The number of imidazole rings is 1. The van der Waals surface area contributed by atoms with Crippen molar-refractivity contribution in [2.24, 2.45) is 0 Å². The van der Waals surface area contributed by atoms with Crippen molar-refractivity contribution >= 4 is 22.2 Å². The maximum atomic E-state index is 12.6. The molecule has 4 rings (SSSR count). The smallest absolute Gasteiger partial charge is 0.226 e. The first-order valence-corrected chi connectivity index (χ1v) is 9.71. The summed E-state index contributed by atoms with van der Waals surface area (Å²) < 4.78 is 7.38. The van der Waals surface area contributed by atoms with Gasteiger partial charge in [0.15, 0.2) is 4.96 Å². The van der Waals surface area contributed by atoms with Crippen LogP contribution in [0, 0.1) is 0 Å². The average molecular weight is 370 g/mol. The van der Waals surface area contributed by atoms with Crippen molar-refractivity contribution in [3.05, 3.63) is 59.4 Å². The van der Waals surface area contributed by atoms with Gasteiger partial charge in [0.05, 0.1) is 31.4 Å². The summed E-state index contributed by atoms with van der Waals surface area (Å²) in [5.41, 5.74) is 1.92. The zero-order valence-electron chi connectivity index (χ0n) is 14.5. The maximum absolute atomic E-state index is 12.6. The quantitative estimate of drug-likeness (QED) is 0.722. The van der Waals surface area contributed by atoms with Gasteiger partial charge in [-0.25, -0.2) is 4.98 Å². The lowest BCUT2D eigenvalue weighted by molar-refractivity contribution is -0.121. The Labute approximate surface area is 156 Å². The molecule has 1 amide bonds. The molecule has 1 aliphatic heterocycles. The molecule has 3 heterocycles. The Morgan fingerprint density at radius 2 is 2.08 bits per heavy atom. The second kappa shape index (κ2) is 7.99. The second-order valence-corrected chi connectivity index (χ2v) is 7.32. The van der Waals surface area contributed by atoms with Crippen LogP contribution in [0.5, 0.6) is 0 Å². The number of thiazole rings is 1. The van der Waals surface area contributed by atoms with E-state index in [1.807, 2.05) is 40.4 Å². The molecule has 6 nitrogen and oxygen atoms in total. The number of amides is 1. The van der Waals surface area contributed by atoms with Crippen LogP contribution in [-0.2, 0) is 16.0 Å². The van der Waals surface area contributed by atoms with E-state index in [0.717, 1.165) is 49.1 Å². The van der Waals surface area contributed by atoms with Crippen molar-refractivity contribution in [3.8, 4) is 0 Å². The Kier molecular flexibility index (Phi) is 5.29. The molecule has 1 N–H and O–H groups in total. The molecular weight excluding hydrogens is 348 g/mol. The molecule has 1 aromatic carbocycles. The molecule has 0 spiro atoms. The van der Waals surface area contributed by atoms with Gasteiger partial charge >= 0.3 is 0 Å². The largest absolute Gasteiger partial charge is 0.379 e. The molecule has 2 aromatic heterocycles. The van der Waals surface area contributed by atoms with Gasteiger partial charge in [-0.15, -0.1) is 11.3 Å². The van der Waals surface area contributed by atoms with Crippen LogP contribution in [-0.4, -0.2) is 53.0 Å². The van der Waals surface area contributed by atoms with Crippen LogP contribution in [0.1, 0.15) is 17.3 Å². The summed E-state index contributed by atoms with van der Waals surface area (Å²) >= 11 is 1.57. The molecule has 136 valence electrons. The third-order valence-electron chi connectivity index (χ3n) is 4.57. The second-order valence-electron chi connectivity index (χ2n) is 6.45. The van der Waals surface area contributed by atoms with Gasteiger partial charge in [0.1, 0.15) is 0 Å². The van der Waals surface area contributed by atoms with Crippen LogP contribution in [0.25, 0.3) is 4.96 Å². The van der Waals surface area contributed by atoms with Crippen LogP contribution >= 0.6 is 11.3 Å². The average Bonchev–Trinajstić information content (AvgIpc) is 3.24. The predicted octanol–water partition coefficient (Wildman–Crippen LogP) is 2.13. The maximum Gasteiger partial charge on any atom is 0.226 e. The summed E-state index contributed by atoms with van der Waals surface area (Å²) in [6.45, 7) is 4.09. The van der Waals surface area contributed by atoms with Crippen molar-refractivity contribution in [2.75, 3.05) is 32.8 Å². The van der Waals surface area contributed by atoms with E-state index in [0.29, 0.717) is 6.42 Å². The van der Waals surface area contributed by atoms with E-state index < -0.39 is 0 Å². The standard InChI is InChI=1S/C19H22N4O2S/c24-18(12-16-13-23-8-11-26-19(23)20-16)21-17(15-4-2-1-3-5-15)14-22-6-9-25-10-7-22/h1-5,8,11,13,17H,6-7,9-10,12,14H2,(H,21,24)/t17-/m0/s1. The molecule has 0 saturated carbocycles. The number of fused-ring (bicyclic) bond motifs is 1. The third kappa shape index (κ3) is 4.12. The number of nitrogens with zero attached hydrogens (tertiary/aromatic N) is 3. The molecule has 7 heteroatoms. The van der Waals surface area contributed by atoms with Crippen LogP contribution in [0.3, 0.4) is 0 Å². The number of aromatic nitrogens is 2. The molecule has 1 fully saturated rings. The number of rotatable bonds is 6. The van der Waals surface area contributed by atoms with E-state index in [4.69, 9.17) is 4.74 Å². The fraction of sp³-hybridized carbons (Fsp3) is 0.368. The molecule has 1 saturated heterocycles. The Bertz CT molecular complexity index is 826. The highest BCUT2D eigenvalue weighted by Crippen LogP contribution is 2.16. The van der Waals surface area contributed by atoms with E-state index in [2.05, 4.69) is 27.3 Å². The highest BCUT2D eigenvalue weighted by atomic mass is 32.1. The number of nitrogens with one attached hydrogen (secondary N) is 1. The van der Waals surface area contributed by atoms with Gasteiger partial charge in [-0.1, -0.05) is 30.3 Å². The third-order valence-corrected chi connectivity index (χ3v) is 5.34. The molecule has 0 unspecified atom stereocenters. The first-order valence-electron chi connectivity index (χ1n) is 8.83. The summed E-state index contributed by atoms with van der Waals surface area (Å²) in [4.78, 5) is 20.4. The SMILES string of the molecule is O=C(Cc1cn2ccsc2n1)N[C@@H](CN1CCOCC1)c1ccccc1. The zero-order chi connectivity index (χ0) is 17.8. The summed E-state index contributed by atoms with van der Waals surface area (Å²) in [6, 6.07) is 10.1. The van der Waals surface area contributed by atoms with E-state index in [1.54, 1.807) is 11.3 Å². The molecule has 3 aromatic rings. The Morgan fingerprint density at radius 1 is 1.27 bits per heavy atom. The first-order chi connectivity index (χ1) is 12.8. The fourth-order valence-corrected chi connectivity index (χ4v) is 3.95. The van der Waals surface area contributed by atoms with Gasteiger partial charge in [0, 0.05) is 37.4 Å². The van der Waals surface area contributed by atoms with Crippen molar-refractivity contribution in [1.29, 1.82) is 0 Å². The predicted molar refractivity (Wildman–Crippen MR) is 101 cm³/mol. The fourth-order valence-electron chi connectivity index (χ4n) is 3.23. The molecule has 1 atom stereocenters. The Balaban J connectivity index is 1.44. The number of benzene rings is 1. The number of ether oxygens (including phenoxy) is 1. The van der Waals surface area contributed by atoms with Crippen molar-refractivity contribution in [2.45, 2.75) is 12.5 Å². The summed E-state index contributed by atoms with van der Waals surface area (Å²) in [5, 5.41) is 5.18. The van der Waals surface area contributed by atoms with Crippen molar-refractivity contribution in [1.82, 2.24) is 19.6 Å². The molecular formula is C19H22N4O2S. The van der Waals surface area contributed by atoms with Crippen LogP contribution in [0.15, 0.2) is 48.1 Å².